The van der Waals surface area contributed by atoms with Gasteiger partial charge in [0.1, 0.15) is 11.2 Å². The largest absolute Gasteiger partial charge is 0.456 e. The molecular weight excluding hydrogens is 601 g/mol. The van der Waals surface area contributed by atoms with Crippen molar-refractivity contribution in [1.82, 2.24) is 9.13 Å². The number of furan rings is 1. The fraction of sp³-hybridized carbons (Fsp3) is 0. The van der Waals surface area contributed by atoms with Crippen LogP contribution in [-0.4, -0.2) is 9.13 Å². The van der Waals surface area contributed by atoms with Crippen LogP contribution in [0, 0.1) is 22.7 Å². The van der Waals surface area contributed by atoms with Crippen LogP contribution < -0.4 is 0 Å². The van der Waals surface area contributed by atoms with E-state index in [2.05, 4.69) is 100 Å². The van der Waals surface area contributed by atoms with Crippen LogP contribution in [0.3, 0.4) is 0 Å². The second-order valence-electron chi connectivity index (χ2n) is 12.4. The summed E-state index contributed by atoms with van der Waals surface area (Å²) in [5, 5.41) is 27.1. The highest BCUT2D eigenvalue weighted by atomic mass is 16.3. The van der Waals surface area contributed by atoms with E-state index in [0.717, 1.165) is 88.1 Å². The maximum atomic E-state index is 10.4. The lowest BCUT2D eigenvalue weighted by atomic mass is 9.98. The lowest BCUT2D eigenvalue weighted by Crippen LogP contribution is -2.00. The van der Waals surface area contributed by atoms with E-state index in [0.29, 0.717) is 11.1 Å². The SMILES string of the molecule is N#Cc1cc(-c2ccc(C#N)cc2-n2c3ccccc3c3ccc4oc5ccccc5c4c32)cc(-n2c3ccccc3c3ccccc32)c1. The summed E-state index contributed by atoms with van der Waals surface area (Å²) in [5.41, 5.74) is 10.4. The molecule has 0 aliphatic rings. The van der Waals surface area contributed by atoms with Gasteiger partial charge >= 0.3 is 0 Å². The first kappa shape index (κ1) is 27.1. The zero-order valence-electron chi connectivity index (χ0n) is 26.1. The number of aromatic nitrogens is 2. The van der Waals surface area contributed by atoms with Crippen LogP contribution in [0.5, 0.6) is 0 Å². The molecule has 0 fully saturated rings. The zero-order chi connectivity index (χ0) is 32.6. The molecule has 3 aromatic heterocycles. The molecule has 0 radical (unpaired) electrons. The van der Waals surface area contributed by atoms with E-state index < -0.39 is 0 Å². The molecule has 0 atom stereocenters. The summed E-state index contributed by atoms with van der Waals surface area (Å²) in [6, 6.07) is 54.1. The monoisotopic (exact) mass is 624 g/mol. The van der Waals surface area contributed by atoms with Gasteiger partial charge in [-0.3, -0.25) is 0 Å². The third-order valence-corrected chi connectivity index (χ3v) is 9.74. The van der Waals surface area contributed by atoms with Crippen LogP contribution in [-0.2, 0) is 0 Å². The molecular formula is C44H24N4O. The predicted octanol–water partition coefficient (Wildman–Crippen LogP) is 11.2. The number of hydrogen-bond donors (Lipinski definition) is 0. The van der Waals surface area contributed by atoms with E-state index in [4.69, 9.17) is 4.42 Å². The predicted molar refractivity (Wildman–Crippen MR) is 197 cm³/mol. The van der Waals surface area contributed by atoms with Crippen molar-refractivity contribution in [3.63, 3.8) is 0 Å². The molecule has 0 N–H and O–H groups in total. The molecule has 3 heterocycles. The highest BCUT2D eigenvalue weighted by Gasteiger charge is 2.22. The quantitative estimate of drug-likeness (QED) is 0.196. The molecule has 0 saturated heterocycles. The summed E-state index contributed by atoms with van der Waals surface area (Å²) >= 11 is 0. The Morgan fingerprint density at radius 3 is 1.78 bits per heavy atom. The molecule has 0 spiro atoms. The molecule has 0 aliphatic heterocycles. The van der Waals surface area contributed by atoms with Crippen molar-refractivity contribution >= 4 is 65.6 Å². The molecule has 5 heteroatoms. The van der Waals surface area contributed by atoms with Crippen LogP contribution in [0.4, 0.5) is 0 Å². The molecule has 10 aromatic rings. The standard InChI is InChI=1S/C44H24N4O/c45-25-27-17-18-31(29-21-28(26-46)22-30(24-29)47-37-13-5-1-9-32(37)33-10-2-6-14-38(33)47)40(23-27)48-39-15-7-3-11-34(39)35-19-20-42-43(44(35)48)36-12-4-8-16-41(36)49-42/h1-24H. The lowest BCUT2D eigenvalue weighted by Gasteiger charge is -2.17. The van der Waals surface area contributed by atoms with Crippen molar-refractivity contribution in [2.45, 2.75) is 0 Å². The molecule has 0 amide bonds. The molecule has 0 bridgehead atoms. The Morgan fingerprint density at radius 2 is 1.08 bits per heavy atom. The van der Waals surface area contributed by atoms with Gasteiger partial charge in [-0.2, -0.15) is 10.5 Å². The van der Waals surface area contributed by atoms with E-state index in [9.17, 15) is 10.5 Å². The highest BCUT2D eigenvalue weighted by molar-refractivity contribution is 6.24. The number of para-hydroxylation sites is 4. The fourth-order valence-electron chi connectivity index (χ4n) is 7.71. The van der Waals surface area contributed by atoms with Gasteiger partial charge < -0.3 is 13.6 Å². The van der Waals surface area contributed by atoms with Crippen molar-refractivity contribution in [2.75, 3.05) is 0 Å². The third-order valence-electron chi connectivity index (χ3n) is 9.74. The van der Waals surface area contributed by atoms with Crippen LogP contribution >= 0.6 is 0 Å². The summed E-state index contributed by atoms with van der Waals surface area (Å²) in [6.45, 7) is 0. The van der Waals surface area contributed by atoms with Gasteiger partial charge in [-0.15, -0.1) is 0 Å². The van der Waals surface area contributed by atoms with Crippen LogP contribution in [0.2, 0.25) is 0 Å². The normalized spacial score (nSPS) is 11.6. The van der Waals surface area contributed by atoms with Crippen molar-refractivity contribution in [3.8, 4) is 34.6 Å². The van der Waals surface area contributed by atoms with E-state index in [1.165, 1.54) is 0 Å². The van der Waals surface area contributed by atoms with Gasteiger partial charge in [0, 0.05) is 38.2 Å². The number of fused-ring (bicyclic) bond motifs is 10. The van der Waals surface area contributed by atoms with Crippen LogP contribution in [0.15, 0.2) is 150 Å². The van der Waals surface area contributed by atoms with Crippen LogP contribution in [0.1, 0.15) is 11.1 Å². The second-order valence-corrected chi connectivity index (χ2v) is 12.4. The smallest absolute Gasteiger partial charge is 0.137 e. The van der Waals surface area contributed by atoms with Gasteiger partial charge in [0.2, 0.25) is 0 Å². The Bertz CT molecular complexity index is 3030. The number of nitriles is 2. The van der Waals surface area contributed by atoms with E-state index in [1.807, 2.05) is 66.7 Å². The van der Waals surface area contributed by atoms with E-state index >= 15 is 0 Å². The van der Waals surface area contributed by atoms with E-state index in [1.54, 1.807) is 0 Å². The lowest BCUT2D eigenvalue weighted by molar-refractivity contribution is 0.669. The van der Waals surface area contributed by atoms with Gasteiger partial charge in [0.05, 0.1) is 56.4 Å². The first-order chi connectivity index (χ1) is 24.2. The van der Waals surface area contributed by atoms with Crippen molar-refractivity contribution in [1.29, 1.82) is 10.5 Å². The van der Waals surface area contributed by atoms with Gasteiger partial charge in [-0.05, 0) is 72.3 Å². The molecule has 49 heavy (non-hydrogen) atoms. The van der Waals surface area contributed by atoms with Crippen molar-refractivity contribution in [2.24, 2.45) is 0 Å². The highest BCUT2D eigenvalue weighted by Crippen LogP contribution is 2.43. The molecule has 0 aliphatic carbocycles. The zero-order valence-corrected chi connectivity index (χ0v) is 26.1. The average molecular weight is 625 g/mol. The van der Waals surface area contributed by atoms with Crippen molar-refractivity contribution < 1.29 is 4.42 Å². The van der Waals surface area contributed by atoms with Gasteiger partial charge in [0.15, 0.2) is 0 Å². The fourth-order valence-corrected chi connectivity index (χ4v) is 7.71. The molecule has 7 aromatic carbocycles. The summed E-state index contributed by atoms with van der Waals surface area (Å²) in [6.07, 6.45) is 0. The minimum Gasteiger partial charge on any atom is -0.456 e. The third kappa shape index (κ3) is 3.85. The minimum absolute atomic E-state index is 0.549. The Morgan fingerprint density at radius 1 is 0.469 bits per heavy atom. The van der Waals surface area contributed by atoms with Gasteiger partial charge in [-0.1, -0.05) is 78.9 Å². The number of hydrogen-bond acceptors (Lipinski definition) is 3. The Kier molecular flexibility index (Phi) is 5.64. The maximum absolute atomic E-state index is 10.4. The van der Waals surface area contributed by atoms with E-state index in [-0.39, 0.29) is 0 Å². The number of rotatable bonds is 3. The van der Waals surface area contributed by atoms with Gasteiger partial charge in [-0.25, -0.2) is 0 Å². The molecule has 0 unspecified atom stereocenters. The van der Waals surface area contributed by atoms with Crippen LogP contribution in [0.25, 0.3) is 88.1 Å². The Balaban J connectivity index is 1.33. The number of nitrogens with zero attached hydrogens (tertiary/aromatic N) is 4. The maximum Gasteiger partial charge on any atom is 0.137 e. The Hall–Kier alpha value is -7.08. The van der Waals surface area contributed by atoms with Gasteiger partial charge in [0.25, 0.3) is 0 Å². The van der Waals surface area contributed by atoms with Crippen molar-refractivity contribution in [3.05, 3.63) is 157 Å². The minimum atomic E-state index is 0.549. The molecule has 5 nitrogen and oxygen atoms in total. The molecule has 0 saturated carbocycles. The molecule has 226 valence electrons. The average Bonchev–Trinajstić information content (AvgIpc) is 3.82. The summed E-state index contributed by atoms with van der Waals surface area (Å²) in [5.74, 6) is 0. The molecule has 10 rings (SSSR count). The first-order valence-corrected chi connectivity index (χ1v) is 16.1. The summed E-state index contributed by atoms with van der Waals surface area (Å²) in [4.78, 5) is 0. The summed E-state index contributed by atoms with van der Waals surface area (Å²) < 4.78 is 10.9. The number of benzene rings is 7. The summed E-state index contributed by atoms with van der Waals surface area (Å²) in [7, 11) is 0. The second kappa shape index (κ2) is 10.2. The first-order valence-electron chi connectivity index (χ1n) is 16.1. The Labute approximate surface area is 280 Å². The topological polar surface area (TPSA) is 70.6 Å².